The summed E-state index contributed by atoms with van der Waals surface area (Å²) in [7, 11) is 0. The molecule has 0 aromatic heterocycles. The van der Waals surface area contributed by atoms with Gasteiger partial charge in [0.1, 0.15) is 0 Å². The third kappa shape index (κ3) is 9.05. The maximum Gasteiger partial charge on any atom is 0.188 e. The van der Waals surface area contributed by atoms with Crippen LogP contribution >= 0.6 is 24.0 Å². The van der Waals surface area contributed by atoms with Crippen LogP contribution in [0.4, 0.5) is 0 Å². The molecule has 2 aliphatic heterocycles. The lowest BCUT2D eigenvalue weighted by molar-refractivity contribution is -0.0704. The normalized spacial score (nSPS) is 23.7. The van der Waals surface area contributed by atoms with E-state index in [-0.39, 0.29) is 24.0 Å². The molecule has 8 heteroatoms. The van der Waals surface area contributed by atoms with Crippen LogP contribution in [0.1, 0.15) is 31.4 Å². The van der Waals surface area contributed by atoms with Gasteiger partial charge in [-0.15, -0.1) is 24.0 Å². The summed E-state index contributed by atoms with van der Waals surface area (Å²) in [5.41, 5.74) is 8.51. The Morgan fingerprint density at radius 1 is 1.07 bits per heavy atom. The first kappa shape index (κ1) is 25.3. The molecule has 2 saturated heterocycles. The van der Waals surface area contributed by atoms with Gasteiger partial charge in [0.25, 0.3) is 0 Å². The van der Waals surface area contributed by atoms with Gasteiger partial charge in [0.05, 0.1) is 32.0 Å². The van der Waals surface area contributed by atoms with Gasteiger partial charge in [-0.3, -0.25) is 9.80 Å². The molecule has 0 aliphatic carbocycles. The zero-order valence-corrected chi connectivity index (χ0v) is 20.7. The highest BCUT2D eigenvalue weighted by atomic mass is 127. The first-order valence-electron chi connectivity index (χ1n) is 10.9. The van der Waals surface area contributed by atoms with Gasteiger partial charge in [0.15, 0.2) is 5.96 Å². The minimum Gasteiger partial charge on any atom is -0.379 e. The van der Waals surface area contributed by atoms with E-state index in [0.29, 0.717) is 24.7 Å². The molecule has 170 valence electrons. The molecule has 2 aliphatic rings. The Kier molecular flexibility index (Phi) is 11.4. The molecule has 2 heterocycles. The minimum atomic E-state index is 0. The Balaban J connectivity index is 0.00000320. The second-order valence-corrected chi connectivity index (χ2v) is 8.20. The second-order valence-electron chi connectivity index (χ2n) is 8.20. The summed E-state index contributed by atoms with van der Waals surface area (Å²) in [6.45, 7) is 13.5. The van der Waals surface area contributed by atoms with Crippen molar-refractivity contribution in [3.63, 3.8) is 0 Å². The van der Waals surface area contributed by atoms with Crippen molar-refractivity contribution < 1.29 is 9.47 Å². The van der Waals surface area contributed by atoms with Crippen LogP contribution in [-0.2, 0) is 22.6 Å². The van der Waals surface area contributed by atoms with E-state index >= 15 is 0 Å². The Morgan fingerprint density at radius 2 is 1.70 bits per heavy atom. The Bertz CT molecular complexity index is 627. The van der Waals surface area contributed by atoms with Crippen molar-refractivity contribution in [3.8, 4) is 0 Å². The molecule has 1 aromatic rings. The van der Waals surface area contributed by atoms with E-state index in [1.165, 1.54) is 11.1 Å². The molecule has 0 radical (unpaired) electrons. The van der Waals surface area contributed by atoms with Gasteiger partial charge in [-0.05, 0) is 37.9 Å². The molecule has 7 nitrogen and oxygen atoms in total. The van der Waals surface area contributed by atoms with E-state index in [1.54, 1.807) is 0 Å². The zero-order valence-electron chi connectivity index (χ0n) is 18.4. The topological polar surface area (TPSA) is 75.4 Å². The van der Waals surface area contributed by atoms with Crippen LogP contribution in [0.2, 0.25) is 0 Å². The van der Waals surface area contributed by atoms with E-state index < -0.39 is 0 Å². The van der Waals surface area contributed by atoms with Crippen LogP contribution in [-0.4, -0.2) is 80.4 Å². The lowest BCUT2D eigenvalue weighted by atomic mass is 10.1. The zero-order chi connectivity index (χ0) is 20.5. The number of nitrogens with one attached hydrogen (secondary N) is 1. The molecule has 2 atom stereocenters. The van der Waals surface area contributed by atoms with Crippen molar-refractivity contribution >= 4 is 29.9 Å². The lowest BCUT2D eigenvalue weighted by Crippen LogP contribution is -2.44. The van der Waals surface area contributed by atoms with Crippen molar-refractivity contribution in [2.75, 3.05) is 52.5 Å². The number of guanidine groups is 1. The molecule has 2 fully saturated rings. The molecule has 0 spiro atoms. The fraction of sp³-hybridized carbons (Fsp3) is 0.682. The van der Waals surface area contributed by atoms with Crippen molar-refractivity contribution in [3.05, 3.63) is 35.4 Å². The molecular formula is C22H38IN5O2. The van der Waals surface area contributed by atoms with E-state index in [0.717, 1.165) is 65.4 Å². The Hall–Kier alpha value is -0.940. The van der Waals surface area contributed by atoms with Crippen LogP contribution < -0.4 is 11.1 Å². The van der Waals surface area contributed by atoms with Crippen LogP contribution in [0.3, 0.4) is 0 Å². The van der Waals surface area contributed by atoms with E-state index in [2.05, 4.69) is 58.2 Å². The summed E-state index contributed by atoms with van der Waals surface area (Å²) in [6.07, 6.45) is 1.66. The predicted molar refractivity (Wildman–Crippen MR) is 132 cm³/mol. The molecule has 0 saturated carbocycles. The maximum atomic E-state index is 6.01. The van der Waals surface area contributed by atoms with Gasteiger partial charge in [0.2, 0.25) is 0 Å². The second kappa shape index (κ2) is 13.5. The van der Waals surface area contributed by atoms with E-state index in [4.69, 9.17) is 15.2 Å². The quantitative estimate of drug-likeness (QED) is 0.232. The lowest BCUT2D eigenvalue weighted by Gasteiger charge is -2.35. The Morgan fingerprint density at radius 3 is 2.37 bits per heavy atom. The van der Waals surface area contributed by atoms with Gasteiger partial charge in [-0.25, -0.2) is 4.99 Å². The maximum absolute atomic E-state index is 6.01. The monoisotopic (exact) mass is 531 g/mol. The number of ether oxygens (including phenoxy) is 2. The minimum absolute atomic E-state index is 0. The number of benzene rings is 1. The number of halogens is 1. The van der Waals surface area contributed by atoms with Crippen molar-refractivity contribution in [2.24, 2.45) is 10.7 Å². The third-order valence-corrected chi connectivity index (χ3v) is 5.42. The molecule has 2 unspecified atom stereocenters. The number of hydrogen-bond acceptors (Lipinski definition) is 5. The Labute approximate surface area is 198 Å². The summed E-state index contributed by atoms with van der Waals surface area (Å²) in [5.74, 6) is 0.521. The summed E-state index contributed by atoms with van der Waals surface area (Å²) in [4.78, 5) is 9.36. The van der Waals surface area contributed by atoms with Gasteiger partial charge in [-0.1, -0.05) is 24.3 Å². The number of aliphatic imine (C=N–C) groups is 1. The van der Waals surface area contributed by atoms with Crippen LogP contribution in [0.15, 0.2) is 29.3 Å². The molecular weight excluding hydrogens is 493 g/mol. The number of nitrogens with two attached hydrogens (primary N) is 1. The van der Waals surface area contributed by atoms with Gasteiger partial charge < -0.3 is 20.5 Å². The van der Waals surface area contributed by atoms with Crippen LogP contribution in [0, 0.1) is 0 Å². The van der Waals surface area contributed by atoms with Crippen molar-refractivity contribution in [2.45, 2.75) is 45.6 Å². The van der Waals surface area contributed by atoms with E-state index in [1.807, 2.05) is 0 Å². The van der Waals surface area contributed by atoms with E-state index in [9.17, 15) is 0 Å². The number of morpholine rings is 2. The molecule has 1 aromatic carbocycles. The highest BCUT2D eigenvalue weighted by Crippen LogP contribution is 2.15. The first-order chi connectivity index (χ1) is 14.1. The van der Waals surface area contributed by atoms with Gasteiger partial charge in [0, 0.05) is 39.3 Å². The fourth-order valence-corrected chi connectivity index (χ4v) is 4.00. The SMILES string of the molecule is CC1CN(Cc2ccc(CN=C(N)NCCCN3CCOCC3)cc2)CC(C)O1.I. The highest BCUT2D eigenvalue weighted by molar-refractivity contribution is 14.0. The van der Waals surface area contributed by atoms with Gasteiger partial charge in [-0.2, -0.15) is 0 Å². The van der Waals surface area contributed by atoms with Crippen molar-refractivity contribution in [1.29, 1.82) is 0 Å². The highest BCUT2D eigenvalue weighted by Gasteiger charge is 2.21. The predicted octanol–water partition coefficient (Wildman–Crippen LogP) is 2.04. The molecule has 3 N–H and O–H groups in total. The third-order valence-electron chi connectivity index (χ3n) is 5.42. The summed E-state index contributed by atoms with van der Waals surface area (Å²) < 4.78 is 11.2. The standard InChI is InChI=1S/C22H37N5O2.HI/c1-18-15-27(16-19(2)29-18)17-21-6-4-20(5-7-21)14-25-22(23)24-8-3-9-26-10-12-28-13-11-26;/h4-7,18-19H,3,8-17H2,1-2H3,(H3,23,24,25);1H. The first-order valence-corrected chi connectivity index (χ1v) is 10.9. The molecule has 30 heavy (non-hydrogen) atoms. The van der Waals surface area contributed by atoms with Crippen molar-refractivity contribution in [1.82, 2.24) is 15.1 Å². The molecule has 0 amide bonds. The number of hydrogen-bond donors (Lipinski definition) is 2. The van der Waals surface area contributed by atoms with Crippen LogP contribution in [0.5, 0.6) is 0 Å². The number of nitrogens with zero attached hydrogens (tertiary/aromatic N) is 3. The molecule has 3 rings (SSSR count). The van der Waals surface area contributed by atoms with Gasteiger partial charge >= 0.3 is 0 Å². The average molecular weight is 531 g/mol. The van der Waals surface area contributed by atoms with Crippen LogP contribution in [0.25, 0.3) is 0 Å². The average Bonchev–Trinajstić information content (AvgIpc) is 2.71. The summed E-state index contributed by atoms with van der Waals surface area (Å²) >= 11 is 0. The molecule has 0 bridgehead atoms. The summed E-state index contributed by atoms with van der Waals surface area (Å²) in [6, 6.07) is 8.69. The smallest absolute Gasteiger partial charge is 0.188 e. The number of rotatable bonds is 8. The fourth-order valence-electron chi connectivity index (χ4n) is 4.00. The summed E-state index contributed by atoms with van der Waals surface area (Å²) in [5, 5.41) is 3.22. The largest absolute Gasteiger partial charge is 0.379 e.